The SMILES string of the molecule is Cc1cccc(C(=O)NC(c2nnc(SCC(=O)N3c4ccccc4Sc4ccccc43)n2C)C(C)C)c1. The van der Waals surface area contributed by atoms with E-state index in [0.29, 0.717) is 16.5 Å². The summed E-state index contributed by atoms with van der Waals surface area (Å²) in [6.07, 6.45) is 0. The molecule has 1 unspecified atom stereocenters. The molecular formula is C29H29N5O2S2. The topological polar surface area (TPSA) is 80.1 Å². The van der Waals surface area contributed by atoms with E-state index in [-0.39, 0.29) is 29.5 Å². The summed E-state index contributed by atoms with van der Waals surface area (Å²) < 4.78 is 1.87. The van der Waals surface area contributed by atoms with Gasteiger partial charge in [0.05, 0.1) is 23.2 Å². The van der Waals surface area contributed by atoms with Crippen molar-refractivity contribution >= 4 is 46.7 Å². The number of amides is 2. The number of fused-ring (bicyclic) bond motifs is 2. The maximum atomic E-state index is 13.6. The average Bonchev–Trinajstić information content (AvgIpc) is 3.28. The largest absolute Gasteiger partial charge is 0.342 e. The average molecular weight is 544 g/mol. The van der Waals surface area contributed by atoms with Gasteiger partial charge in [0.1, 0.15) is 0 Å². The summed E-state index contributed by atoms with van der Waals surface area (Å²) in [5.74, 6) is 0.750. The number of nitrogens with one attached hydrogen (secondary N) is 1. The molecule has 0 bridgehead atoms. The Morgan fingerprint density at radius 3 is 2.24 bits per heavy atom. The molecule has 0 aliphatic carbocycles. The Morgan fingerprint density at radius 2 is 1.61 bits per heavy atom. The van der Waals surface area contributed by atoms with Crippen LogP contribution in [0.2, 0.25) is 0 Å². The molecular weight excluding hydrogens is 514 g/mol. The summed E-state index contributed by atoms with van der Waals surface area (Å²) in [5.41, 5.74) is 3.41. The molecule has 2 amide bonds. The maximum Gasteiger partial charge on any atom is 0.251 e. The normalized spacial score (nSPS) is 13.1. The van der Waals surface area contributed by atoms with Crippen LogP contribution < -0.4 is 10.2 Å². The van der Waals surface area contributed by atoms with Gasteiger partial charge in [0.15, 0.2) is 11.0 Å². The lowest BCUT2D eigenvalue weighted by Gasteiger charge is -2.30. The molecule has 194 valence electrons. The van der Waals surface area contributed by atoms with E-state index in [0.717, 1.165) is 26.7 Å². The number of hydrogen-bond acceptors (Lipinski definition) is 6. The zero-order valence-corrected chi connectivity index (χ0v) is 23.3. The predicted octanol–water partition coefficient (Wildman–Crippen LogP) is 6.17. The summed E-state index contributed by atoms with van der Waals surface area (Å²) in [6, 6.07) is 23.1. The number of aryl methyl sites for hydroxylation is 1. The van der Waals surface area contributed by atoms with Crippen molar-refractivity contribution in [2.45, 2.75) is 41.8 Å². The molecule has 0 fully saturated rings. The first-order chi connectivity index (χ1) is 18.3. The van der Waals surface area contributed by atoms with Gasteiger partial charge in [0.25, 0.3) is 5.91 Å². The number of para-hydroxylation sites is 2. The van der Waals surface area contributed by atoms with Gasteiger partial charge in [-0.15, -0.1) is 10.2 Å². The van der Waals surface area contributed by atoms with E-state index in [4.69, 9.17) is 0 Å². The van der Waals surface area contributed by atoms with Crippen LogP contribution in [0.25, 0.3) is 0 Å². The van der Waals surface area contributed by atoms with Gasteiger partial charge in [-0.2, -0.15) is 0 Å². The van der Waals surface area contributed by atoms with E-state index in [1.807, 2.05) is 99.1 Å². The fraction of sp³-hybridized carbons (Fsp3) is 0.241. The zero-order valence-electron chi connectivity index (χ0n) is 21.7. The number of anilines is 2. The molecule has 4 aromatic rings. The number of hydrogen-bond donors (Lipinski definition) is 1. The second-order valence-electron chi connectivity index (χ2n) is 9.52. The molecule has 1 aromatic heterocycles. The minimum absolute atomic E-state index is 0.0343. The van der Waals surface area contributed by atoms with Crippen LogP contribution in [0, 0.1) is 12.8 Å². The van der Waals surface area contributed by atoms with Crippen molar-refractivity contribution in [2.75, 3.05) is 10.7 Å². The van der Waals surface area contributed by atoms with E-state index >= 15 is 0 Å². The smallest absolute Gasteiger partial charge is 0.251 e. The summed E-state index contributed by atoms with van der Waals surface area (Å²) in [7, 11) is 1.87. The third-order valence-electron chi connectivity index (χ3n) is 6.39. The fourth-order valence-electron chi connectivity index (χ4n) is 4.43. The molecule has 1 aliphatic rings. The van der Waals surface area contributed by atoms with Crippen molar-refractivity contribution in [3.05, 3.63) is 89.7 Å². The van der Waals surface area contributed by atoms with Crippen molar-refractivity contribution in [3.63, 3.8) is 0 Å². The Labute approximate surface area is 231 Å². The van der Waals surface area contributed by atoms with Gasteiger partial charge < -0.3 is 9.88 Å². The zero-order chi connectivity index (χ0) is 26.8. The Balaban J connectivity index is 1.33. The number of rotatable bonds is 7. The van der Waals surface area contributed by atoms with Crippen LogP contribution in [-0.2, 0) is 11.8 Å². The molecule has 0 saturated heterocycles. The van der Waals surface area contributed by atoms with E-state index in [1.54, 1.807) is 22.7 Å². The molecule has 2 heterocycles. The Hall–Kier alpha value is -3.56. The first-order valence-corrected chi connectivity index (χ1v) is 14.2. The Kier molecular flexibility index (Phi) is 7.58. The summed E-state index contributed by atoms with van der Waals surface area (Å²) >= 11 is 3.02. The summed E-state index contributed by atoms with van der Waals surface area (Å²) in [4.78, 5) is 30.4. The van der Waals surface area contributed by atoms with E-state index < -0.39 is 0 Å². The minimum atomic E-state index is -0.330. The number of thioether (sulfide) groups is 1. The van der Waals surface area contributed by atoms with E-state index in [9.17, 15) is 9.59 Å². The molecule has 1 aliphatic heterocycles. The van der Waals surface area contributed by atoms with Gasteiger partial charge in [-0.05, 0) is 49.2 Å². The number of aromatic nitrogens is 3. The van der Waals surface area contributed by atoms with Gasteiger partial charge in [0, 0.05) is 22.4 Å². The predicted molar refractivity (Wildman–Crippen MR) is 152 cm³/mol. The van der Waals surface area contributed by atoms with Crippen LogP contribution in [0.15, 0.2) is 87.7 Å². The Morgan fingerprint density at radius 1 is 0.947 bits per heavy atom. The van der Waals surface area contributed by atoms with Gasteiger partial charge in [-0.25, -0.2) is 0 Å². The third kappa shape index (κ3) is 5.21. The van der Waals surface area contributed by atoms with Crippen LogP contribution in [0.3, 0.4) is 0 Å². The van der Waals surface area contributed by atoms with Crippen LogP contribution in [0.1, 0.15) is 41.6 Å². The monoisotopic (exact) mass is 543 g/mol. The molecule has 1 atom stereocenters. The quantitative estimate of drug-likeness (QED) is 0.281. The van der Waals surface area contributed by atoms with Crippen LogP contribution in [0.4, 0.5) is 11.4 Å². The molecule has 0 saturated carbocycles. The summed E-state index contributed by atoms with van der Waals surface area (Å²) in [6.45, 7) is 6.04. The van der Waals surface area contributed by atoms with Crippen LogP contribution in [0.5, 0.6) is 0 Å². The molecule has 1 N–H and O–H groups in total. The molecule has 9 heteroatoms. The Bertz CT molecular complexity index is 1450. The first kappa shape index (κ1) is 26.1. The van der Waals surface area contributed by atoms with Gasteiger partial charge >= 0.3 is 0 Å². The number of nitrogens with zero attached hydrogens (tertiary/aromatic N) is 4. The molecule has 5 rings (SSSR count). The van der Waals surface area contributed by atoms with Crippen molar-refractivity contribution < 1.29 is 9.59 Å². The first-order valence-electron chi connectivity index (χ1n) is 12.4. The maximum absolute atomic E-state index is 13.6. The van der Waals surface area contributed by atoms with Gasteiger partial charge in [-0.3, -0.25) is 14.5 Å². The highest BCUT2D eigenvalue weighted by Crippen LogP contribution is 2.48. The highest BCUT2D eigenvalue weighted by Gasteiger charge is 2.29. The highest BCUT2D eigenvalue weighted by atomic mass is 32.2. The molecule has 38 heavy (non-hydrogen) atoms. The van der Waals surface area contributed by atoms with Crippen molar-refractivity contribution in [1.82, 2.24) is 20.1 Å². The van der Waals surface area contributed by atoms with Gasteiger partial charge in [-0.1, -0.05) is 79.3 Å². The number of carbonyl (C=O) groups is 2. The fourth-order valence-corrected chi connectivity index (χ4v) is 6.25. The molecule has 0 spiro atoms. The second kappa shape index (κ2) is 11.0. The van der Waals surface area contributed by atoms with Crippen LogP contribution in [-0.4, -0.2) is 32.3 Å². The van der Waals surface area contributed by atoms with Crippen LogP contribution >= 0.6 is 23.5 Å². The van der Waals surface area contributed by atoms with Crippen molar-refractivity contribution in [3.8, 4) is 0 Å². The molecule has 0 radical (unpaired) electrons. The third-order valence-corrected chi connectivity index (χ3v) is 8.52. The second-order valence-corrected chi connectivity index (χ2v) is 11.5. The lowest BCUT2D eigenvalue weighted by Crippen LogP contribution is -2.33. The van der Waals surface area contributed by atoms with E-state index in [1.165, 1.54) is 11.8 Å². The molecule has 3 aromatic carbocycles. The summed E-state index contributed by atoms with van der Waals surface area (Å²) in [5, 5.41) is 12.5. The van der Waals surface area contributed by atoms with E-state index in [2.05, 4.69) is 15.5 Å². The lowest BCUT2D eigenvalue weighted by molar-refractivity contribution is -0.115. The number of benzene rings is 3. The van der Waals surface area contributed by atoms with Crippen molar-refractivity contribution in [1.29, 1.82) is 0 Å². The van der Waals surface area contributed by atoms with Gasteiger partial charge in [0.2, 0.25) is 5.91 Å². The standard InChI is InChI=1S/C29H29N5O2S2/c1-18(2)26(30-28(36)20-11-9-10-19(3)16-20)27-31-32-29(33(27)4)37-17-25(35)34-21-12-5-7-14-23(21)38-24-15-8-6-13-22(24)34/h5-16,18,26H,17H2,1-4H3,(H,30,36). The minimum Gasteiger partial charge on any atom is -0.342 e. The molecule has 7 nitrogen and oxygen atoms in total. The highest BCUT2D eigenvalue weighted by molar-refractivity contribution is 8.00. The lowest BCUT2D eigenvalue weighted by atomic mass is 10.0. The number of carbonyl (C=O) groups excluding carboxylic acids is 2. The van der Waals surface area contributed by atoms with Crippen molar-refractivity contribution in [2.24, 2.45) is 13.0 Å².